The van der Waals surface area contributed by atoms with Gasteiger partial charge in [0.15, 0.2) is 5.75 Å². The summed E-state index contributed by atoms with van der Waals surface area (Å²) in [5, 5.41) is 10.9. The molecule has 0 fully saturated rings. The molecule has 0 unspecified atom stereocenters. The Labute approximate surface area is 97.9 Å². The standard InChI is InChI=1S/C12H10N2OS/c1-9-3-5-16-12(9)8-15-11-7-14-4-2-10(11)6-13/h2-5,7H,8H2,1H3. The Morgan fingerprint density at radius 2 is 2.38 bits per heavy atom. The van der Waals surface area contributed by atoms with Crippen LogP contribution in [0, 0.1) is 18.3 Å². The number of aryl methyl sites for hydroxylation is 1. The Kier molecular flexibility index (Phi) is 3.18. The molecular weight excluding hydrogens is 220 g/mol. The highest BCUT2D eigenvalue weighted by Crippen LogP contribution is 2.20. The van der Waals surface area contributed by atoms with Gasteiger partial charge in [-0.05, 0) is 30.0 Å². The summed E-state index contributed by atoms with van der Waals surface area (Å²) >= 11 is 1.65. The molecule has 0 bridgehead atoms. The van der Waals surface area contributed by atoms with Gasteiger partial charge in [-0.1, -0.05) is 0 Å². The van der Waals surface area contributed by atoms with Gasteiger partial charge in [-0.3, -0.25) is 4.98 Å². The summed E-state index contributed by atoms with van der Waals surface area (Å²) in [6, 6.07) is 5.78. The van der Waals surface area contributed by atoms with E-state index in [1.165, 1.54) is 10.4 Å². The third kappa shape index (κ3) is 2.20. The van der Waals surface area contributed by atoms with Crippen LogP contribution in [0.2, 0.25) is 0 Å². The van der Waals surface area contributed by atoms with E-state index in [2.05, 4.69) is 17.1 Å². The predicted octanol–water partition coefficient (Wildman–Crippen LogP) is 2.90. The molecule has 80 valence electrons. The number of nitriles is 1. The molecule has 0 aliphatic heterocycles. The molecular formula is C12H10N2OS. The lowest BCUT2D eigenvalue weighted by Gasteiger charge is -2.06. The minimum absolute atomic E-state index is 0.490. The molecule has 0 aromatic carbocycles. The molecule has 0 aliphatic carbocycles. The van der Waals surface area contributed by atoms with E-state index in [0.29, 0.717) is 17.9 Å². The highest BCUT2D eigenvalue weighted by Gasteiger charge is 2.05. The van der Waals surface area contributed by atoms with Crippen molar-refractivity contribution >= 4 is 11.3 Å². The third-order valence-electron chi connectivity index (χ3n) is 2.23. The van der Waals surface area contributed by atoms with Crippen LogP contribution in [0.3, 0.4) is 0 Å². The van der Waals surface area contributed by atoms with Gasteiger partial charge >= 0.3 is 0 Å². The Hall–Kier alpha value is -1.86. The molecule has 0 saturated heterocycles. The van der Waals surface area contributed by atoms with Crippen LogP contribution in [0.4, 0.5) is 0 Å². The summed E-state index contributed by atoms with van der Waals surface area (Å²) in [5.41, 5.74) is 1.73. The van der Waals surface area contributed by atoms with Crippen LogP contribution in [-0.4, -0.2) is 4.98 Å². The van der Waals surface area contributed by atoms with Crippen molar-refractivity contribution in [2.75, 3.05) is 0 Å². The van der Waals surface area contributed by atoms with Gasteiger partial charge < -0.3 is 4.74 Å². The quantitative estimate of drug-likeness (QED) is 0.814. The van der Waals surface area contributed by atoms with Crippen molar-refractivity contribution in [2.24, 2.45) is 0 Å². The topological polar surface area (TPSA) is 45.9 Å². The molecule has 0 N–H and O–H groups in total. The predicted molar refractivity (Wildman–Crippen MR) is 62.3 cm³/mol. The maximum Gasteiger partial charge on any atom is 0.155 e. The zero-order valence-electron chi connectivity index (χ0n) is 8.80. The number of ether oxygens (including phenoxy) is 1. The maximum atomic E-state index is 8.88. The van der Waals surface area contributed by atoms with Crippen LogP contribution in [0.15, 0.2) is 29.9 Å². The van der Waals surface area contributed by atoms with E-state index in [1.54, 1.807) is 29.8 Å². The second-order valence-electron chi connectivity index (χ2n) is 3.30. The van der Waals surface area contributed by atoms with Crippen LogP contribution in [0.1, 0.15) is 16.0 Å². The summed E-state index contributed by atoms with van der Waals surface area (Å²) in [4.78, 5) is 5.12. The first kappa shape index (κ1) is 10.7. The lowest BCUT2D eigenvalue weighted by molar-refractivity contribution is 0.307. The minimum Gasteiger partial charge on any atom is -0.485 e. The van der Waals surface area contributed by atoms with E-state index < -0.39 is 0 Å². The van der Waals surface area contributed by atoms with E-state index in [-0.39, 0.29) is 0 Å². The molecule has 0 radical (unpaired) electrons. The fourth-order valence-corrected chi connectivity index (χ4v) is 2.10. The molecule has 0 spiro atoms. The van der Waals surface area contributed by atoms with E-state index in [4.69, 9.17) is 10.00 Å². The van der Waals surface area contributed by atoms with Gasteiger partial charge in [0.05, 0.1) is 11.8 Å². The van der Waals surface area contributed by atoms with Gasteiger partial charge in [-0.2, -0.15) is 5.26 Å². The number of hydrogen-bond donors (Lipinski definition) is 0. The van der Waals surface area contributed by atoms with Gasteiger partial charge in [-0.25, -0.2) is 0 Å². The Morgan fingerprint density at radius 1 is 1.50 bits per heavy atom. The summed E-state index contributed by atoms with van der Waals surface area (Å²) in [6.07, 6.45) is 3.16. The average Bonchev–Trinajstić information content (AvgIpc) is 2.72. The first-order valence-electron chi connectivity index (χ1n) is 4.81. The SMILES string of the molecule is Cc1ccsc1COc1cnccc1C#N. The van der Waals surface area contributed by atoms with Crippen LogP contribution in [0.5, 0.6) is 5.75 Å². The molecule has 2 aromatic heterocycles. The van der Waals surface area contributed by atoms with Crippen molar-refractivity contribution < 1.29 is 4.74 Å². The van der Waals surface area contributed by atoms with Gasteiger partial charge in [0.2, 0.25) is 0 Å². The highest BCUT2D eigenvalue weighted by atomic mass is 32.1. The fraction of sp³-hybridized carbons (Fsp3) is 0.167. The smallest absolute Gasteiger partial charge is 0.155 e. The number of rotatable bonds is 3. The summed E-state index contributed by atoms with van der Waals surface area (Å²) in [5.74, 6) is 0.540. The third-order valence-corrected chi connectivity index (χ3v) is 3.23. The van der Waals surface area contributed by atoms with E-state index in [0.717, 1.165) is 0 Å². The molecule has 2 rings (SSSR count). The van der Waals surface area contributed by atoms with Crippen LogP contribution < -0.4 is 4.74 Å². The largest absolute Gasteiger partial charge is 0.485 e. The summed E-state index contributed by atoms with van der Waals surface area (Å²) < 4.78 is 5.58. The monoisotopic (exact) mass is 230 g/mol. The van der Waals surface area contributed by atoms with Crippen molar-refractivity contribution in [1.82, 2.24) is 4.98 Å². The lowest BCUT2D eigenvalue weighted by atomic mass is 10.3. The normalized spacial score (nSPS) is 9.75. The Morgan fingerprint density at radius 3 is 3.06 bits per heavy atom. The zero-order chi connectivity index (χ0) is 11.4. The van der Waals surface area contributed by atoms with Crippen LogP contribution >= 0.6 is 11.3 Å². The maximum absolute atomic E-state index is 8.88. The zero-order valence-corrected chi connectivity index (χ0v) is 9.62. The molecule has 0 saturated carbocycles. The van der Waals surface area contributed by atoms with Crippen molar-refractivity contribution in [3.05, 3.63) is 45.9 Å². The van der Waals surface area contributed by atoms with Crippen molar-refractivity contribution in [1.29, 1.82) is 5.26 Å². The number of hydrogen-bond acceptors (Lipinski definition) is 4. The average molecular weight is 230 g/mol. The molecule has 3 nitrogen and oxygen atoms in total. The molecule has 2 aromatic rings. The number of aromatic nitrogens is 1. The van der Waals surface area contributed by atoms with Gasteiger partial charge in [0, 0.05) is 11.1 Å². The van der Waals surface area contributed by atoms with E-state index >= 15 is 0 Å². The highest BCUT2D eigenvalue weighted by molar-refractivity contribution is 7.10. The summed E-state index contributed by atoms with van der Waals surface area (Å²) in [7, 11) is 0. The fourth-order valence-electron chi connectivity index (χ4n) is 1.28. The minimum atomic E-state index is 0.490. The van der Waals surface area contributed by atoms with Crippen molar-refractivity contribution in [2.45, 2.75) is 13.5 Å². The molecule has 2 heterocycles. The number of pyridine rings is 1. The summed E-state index contributed by atoms with van der Waals surface area (Å²) in [6.45, 7) is 2.54. The first-order chi connectivity index (χ1) is 7.81. The second-order valence-corrected chi connectivity index (χ2v) is 4.30. The lowest BCUT2D eigenvalue weighted by Crippen LogP contribution is -1.97. The van der Waals surface area contributed by atoms with Gasteiger partial charge in [0.1, 0.15) is 12.7 Å². The number of nitrogens with zero attached hydrogens (tertiary/aromatic N) is 2. The molecule has 0 aliphatic rings. The molecule has 0 amide bonds. The second kappa shape index (κ2) is 4.77. The number of thiophene rings is 1. The van der Waals surface area contributed by atoms with Gasteiger partial charge in [0.25, 0.3) is 0 Å². The Bertz CT molecular complexity index is 528. The van der Waals surface area contributed by atoms with Crippen LogP contribution in [-0.2, 0) is 6.61 Å². The van der Waals surface area contributed by atoms with Gasteiger partial charge in [-0.15, -0.1) is 11.3 Å². The molecule has 16 heavy (non-hydrogen) atoms. The first-order valence-corrected chi connectivity index (χ1v) is 5.69. The van der Waals surface area contributed by atoms with Crippen molar-refractivity contribution in [3.63, 3.8) is 0 Å². The van der Waals surface area contributed by atoms with Crippen molar-refractivity contribution in [3.8, 4) is 11.8 Å². The molecule has 0 atom stereocenters. The van der Waals surface area contributed by atoms with E-state index in [9.17, 15) is 0 Å². The molecule has 4 heteroatoms. The van der Waals surface area contributed by atoms with Crippen LogP contribution in [0.25, 0.3) is 0 Å². The van der Waals surface area contributed by atoms with E-state index in [1.807, 2.05) is 12.3 Å². The Balaban J connectivity index is 2.11.